The Balaban J connectivity index is 3.56. The molecule has 0 amide bonds. The maximum atomic E-state index is 12.7. The summed E-state index contributed by atoms with van der Waals surface area (Å²) in [5.41, 5.74) is 0. The summed E-state index contributed by atoms with van der Waals surface area (Å²) in [5.74, 6) is -5.83. The molecule has 0 atom stereocenters. The summed E-state index contributed by atoms with van der Waals surface area (Å²) >= 11 is 15.2. The summed E-state index contributed by atoms with van der Waals surface area (Å²) in [6, 6.07) is 0. The number of rotatable bonds is 1. The molecule has 0 fully saturated rings. The van der Waals surface area contributed by atoms with Gasteiger partial charge in [-0.15, -0.1) is 0 Å². The highest BCUT2D eigenvalue weighted by Gasteiger charge is 2.24. The van der Waals surface area contributed by atoms with Gasteiger partial charge in [-0.05, 0) is 0 Å². The zero-order chi connectivity index (χ0) is 10.2. The molecule has 1 nitrogen and oxygen atoms in total. The maximum absolute atomic E-state index is 12.7. The minimum Gasteiger partial charge on any atom is -0.381 e. The van der Waals surface area contributed by atoms with E-state index in [9.17, 15) is 13.2 Å². The molecule has 0 saturated carbocycles. The van der Waals surface area contributed by atoms with Crippen molar-refractivity contribution in [3.8, 4) is 5.75 Å². The molecule has 7 heteroatoms. The minimum atomic E-state index is -1.79. The summed E-state index contributed by atoms with van der Waals surface area (Å²) in [6.07, 6.45) is 0. The largest absolute Gasteiger partial charge is 0.381 e. The van der Waals surface area contributed by atoms with Crippen molar-refractivity contribution >= 4 is 35.1 Å². The molecule has 0 aliphatic rings. The Morgan fingerprint density at radius 2 is 1.38 bits per heavy atom. The fourth-order valence-electron chi connectivity index (χ4n) is 0.652. The molecule has 0 bridgehead atoms. The van der Waals surface area contributed by atoms with Gasteiger partial charge in [0, 0.05) is 0 Å². The molecule has 13 heavy (non-hydrogen) atoms. The van der Waals surface area contributed by atoms with Crippen molar-refractivity contribution in [2.75, 3.05) is 0 Å². The molecule has 1 aromatic carbocycles. The molecule has 0 radical (unpaired) electrons. The predicted octanol–water partition coefficient (Wildman–Crippen LogP) is 3.94. The summed E-state index contributed by atoms with van der Waals surface area (Å²) in [4.78, 5) is 0. The third-order valence-corrected chi connectivity index (χ3v) is 2.21. The Labute approximate surface area is 86.1 Å². The molecule has 0 aliphatic carbocycles. The highest BCUT2D eigenvalue weighted by Crippen LogP contribution is 2.38. The molecule has 0 unspecified atom stereocenters. The van der Waals surface area contributed by atoms with Crippen LogP contribution in [0.5, 0.6) is 5.75 Å². The van der Waals surface area contributed by atoms with Crippen LogP contribution in [0.4, 0.5) is 13.2 Å². The van der Waals surface area contributed by atoms with Gasteiger partial charge < -0.3 is 4.29 Å². The smallest absolute Gasteiger partial charge is 0.207 e. The average molecular weight is 251 g/mol. The minimum absolute atomic E-state index is 0.618. The topological polar surface area (TPSA) is 9.23 Å². The van der Waals surface area contributed by atoms with Crippen LogP contribution < -0.4 is 4.29 Å². The fraction of sp³-hybridized carbons (Fsp3) is 0. The van der Waals surface area contributed by atoms with Crippen molar-refractivity contribution in [2.45, 2.75) is 0 Å². The maximum Gasteiger partial charge on any atom is 0.207 e. The van der Waals surface area contributed by atoms with Gasteiger partial charge in [-0.3, -0.25) is 0 Å². The van der Waals surface area contributed by atoms with E-state index in [1.807, 2.05) is 0 Å². The molecular weight excluding hydrogens is 251 g/mol. The van der Waals surface area contributed by atoms with E-state index in [-0.39, 0.29) is 0 Å². The molecule has 0 saturated heterocycles. The Bertz CT molecular complexity index is 326. The quantitative estimate of drug-likeness (QED) is 0.542. The van der Waals surface area contributed by atoms with Gasteiger partial charge in [0.2, 0.25) is 11.6 Å². The zero-order valence-electron chi connectivity index (χ0n) is 5.68. The van der Waals surface area contributed by atoms with Crippen LogP contribution in [0.25, 0.3) is 0 Å². The average Bonchev–Trinajstić information content (AvgIpc) is 2.13. The van der Waals surface area contributed by atoms with E-state index in [0.717, 1.165) is 0 Å². The van der Waals surface area contributed by atoms with Crippen molar-refractivity contribution in [3.63, 3.8) is 0 Å². The van der Waals surface area contributed by atoms with Crippen molar-refractivity contribution in [3.05, 3.63) is 27.5 Å². The van der Waals surface area contributed by atoms with Crippen LogP contribution in [0.15, 0.2) is 0 Å². The van der Waals surface area contributed by atoms with E-state index in [1.54, 1.807) is 0 Å². The lowest BCUT2D eigenvalue weighted by atomic mass is 10.3. The first-order valence-electron chi connectivity index (χ1n) is 2.80. The van der Waals surface area contributed by atoms with Crippen LogP contribution in [-0.2, 0) is 0 Å². The molecule has 1 aromatic rings. The van der Waals surface area contributed by atoms with Gasteiger partial charge in [0.05, 0.1) is 0 Å². The Hall–Kier alpha value is -0.320. The zero-order valence-corrected chi connectivity index (χ0v) is 7.94. The molecule has 0 N–H and O–H groups in total. The van der Waals surface area contributed by atoms with Crippen LogP contribution in [0, 0.1) is 17.5 Å². The van der Waals surface area contributed by atoms with Crippen molar-refractivity contribution in [2.24, 2.45) is 0 Å². The van der Waals surface area contributed by atoms with Gasteiger partial charge in [0.1, 0.15) is 21.9 Å². The fourth-order valence-corrected chi connectivity index (χ4v) is 1.21. The van der Waals surface area contributed by atoms with Crippen LogP contribution in [-0.4, -0.2) is 0 Å². The summed E-state index contributed by atoms with van der Waals surface area (Å²) in [5, 5.41) is -1.40. The highest BCUT2D eigenvalue weighted by molar-refractivity contribution is 6.43. The number of hydrogen-bond acceptors (Lipinski definition) is 1. The Morgan fingerprint density at radius 1 is 0.846 bits per heavy atom. The van der Waals surface area contributed by atoms with Crippen molar-refractivity contribution in [1.82, 2.24) is 0 Å². The number of halogens is 6. The van der Waals surface area contributed by atoms with E-state index in [1.165, 1.54) is 0 Å². The van der Waals surface area contributed by atoms with E-state index < -0.39 is 33.2 Å². The van der Waals surface area contributed by atoms with E-state index >= 15 is 0 Å². The monoisotopic (exact) mass is 250 g/mol. The van der Waals surface area contributed by atoms with Crippen LogP contribution >= 0.6 is 35.1 Å². The van der Waals surface area contributed by atoms with E-state index in [0.29, 0.717) is 0 Å². The highest BCUT2D eigenvalue weighted by atomic mass is 35.5. The van der Waals surface area contributed by atoms with Gasteiger partial charge in [-0.2, -0.15) is 4.39 Å². The second-order valence-electron chi connectivity index (χ2n) is 1.98. The molecular formula is C6Cl3F3O. The number of hydrogen-bond donors (Lipinski definition) is 0. The summed E-state index contributed by atoms with van der Waals surface area (Å²) in [6.45, 7) is 0. The molecule has 0 aromatic heterocycles. The molecule has 0 aliphatic heterocycles. The summed E-state index contributed by atoms with van der Waals surface area (Å²) in [7, 11) is 0. The lowest BCUT2D eigenvalue weighted by Crippen LogP contribution is -1.96. The van der Waals surface area contributed by atoms with Crippen LogP contribution in [0.2, 0.25) is 10.0 Å². The lowest BCUT2D eigenvalue weighted by Gasteiger charge is -2.05. The van der Waals surface area contributed by atoms with E-state index in [2.05, 4.69) is 4.29 Å². The second-order valence-corrected chi connectivity index (χ2v) is 2.89. The first-order chi connectivity index (χ1) is 6.00. The first-order valence-corrected chi connectivity index (χ1v) is 3.87. The van der Waals surface area contributed by atoms with Crippen LogP contribution in [0.3, 0.4) is 0 Å². The standard InChI is InChI=1S/C6Cl3F3O/c7-1-2(8)6(13-9)5(12)4(11)3(1)10. The van der Waals surface area contributed by atoms with Gasteiger partial charge in [0.15, 0.2) is 11.6 Å². The van der Waals surface area contributed by atoms with Gasteiger partial charge in [0.25, 0.3) is 0 Å². The van der Waals surface area contributed by atoms with Gasteiger partial charge in [-0.1, -0.05) is 23.2 Å². The Morgan fingerprint density at radius 3 is 1.85 bits per heavy atom. The van der Waals surface area contributed by atoms with Crippen molar-refractivity contribution in [1.29, 1.82) is 0 Å². The first kappa shape index (κ1) is 10.8. The number of benzene rings is 1. The van der Waals surface area contributed by atoms with E-state index in [4.69, 9.17) is 35.1 Å². The second kappa shape index (κ2) is 3.82. The Kier molecular flexibility index (Phi) is 3.16. The molecule has 72 valence electrons. The SMILES string of the molecule is Fc1c(F)c(Cl)c(Cl)c(OCl)c1F. The molecule has 0 spiro atoms. The molecule has 0 heterocycles. The lowest BCUT2D eigenvalue weighted by molar-refractivity contribution is 0.424. The van der Waals surface area contributed by atoms with Crippen LogP contribution in [0.1, 0.15) is 0 Å². The van der Waals surface area contributed by atoms with Crippen molar-refractivity contribution < 1.29 is 17.5 Å². The normalized spacial score (nSPS) is 10.3. The third kappa shape index (κ3) is 1.66. The van der Waals surface area contributed by atoms with Gasteiger partial charge >= 0.3 is 0 Å². The van der Waals surface area contributed by atoms with Gasteiger partial charge in [-0.25, -0.2) is 8.78 Å². The molecule has 1 rings (SSSR count). The third-order valence-electron chi connectivity index (χ3n) is 1.25. The predicted molar refractivity (Wildman–Crippen MR) is 42.8 cm³/mol. The summed E-state index contributed by atoms with van der Waals surface area (Å²) < 4.78 is 41.8.